The van der Waals surface area contributed by atoms with Crippen LogP contribution < -0.4 is 5.32 Å². The first-order valence-electron chi connectivity index (χ1n) is 5.29. The van der Waals surface area contributed by atoms with E-state index in [9.17, 15) is 9.59 Å². The van der Waals surface area contributed by atoms with Gasteiger partial charge in [0.05, 0.1) is 12.6 Å². The quantitative estimate of drug-likeness (QED) is 0.786. The molecule has 0 spiro atoms. The number of amides is 1. The molecule has 1 rings (SSSR count). The summed E-state index contributed by atoms with van der Waals surface area (Å²) in [7, 11) is 0. The summed E-state index contributed by atoms with van der Waals surface area (Å²) < 4.78 is 0. The van der Waals surface area contributed by atoms with Gasteiger partial charge in [0.25, 0.3) is 5.91 Å². The molecule has 1 heterocycles. The molecule has 6 nitrogen and oxygen atoms in total. The molecule has 1 unspecified atom stereocenters. The smallest absolute Gasteiger partial charge is 0.305 e. The Morgan fingerprint density at radius 1 is 1.41 bits per heavy atom. The molecule has 0 aromatic carbocycles. The third-order valence-electron chi connectivity index (χ3n) is 2.31. The molecule has 0 aliphatic carbocycles. The first-order valence-corrected chi connectivity index (χ1v) is 5.29. The second-order valence-corrected chi connectivity index (χ2v) is 4.01. The molecule has 2 N–H and O–H groups in total. The molecule has 0 saturated heterocycles. The van der Waals surface area contributed by atoms with Crippen LogP contribution in [0.5, 0.6) is 0 Å². The topological polar surface area (TPSA) is 92.2 Å². The van der Waals surface area contributed by atoms with E-state index in [1.54, 1.807) is 0 Å². The van der Waals surface area contributed by atoms with E-state index in [0.717, 1.165) is 0 Å². The van der Waals surface area contributed by atoms with Gasteiger partial charge in [0.2, 0.25) is 0 Å². The lowest BCUT2D eigenvalue weighted by atomic mass is 10.0. The van der Waals surface area contributed by atoms with Crippen LogP contribution in [0.3, 0.4) is 0 Å². The number of nitrogens with zero attached hydrogens (tertiary/aromatic N) is 2. The molecule has 0 aliphatic rings. The molecule has 0 radical (unpaired) electrons. The average molecular weight is 237 g/mol. The van der Waals surface area contributed by atoms with Gasteiger partial charge in [-0.3, -0.25) is 14.6 Å². The fourth-order valence-electron chi connectivity index (χ4n) is 1.30. The van der Waals surface area contributed by atoms with Crippen LogP contribution in [0.4, 0.5) is 0 Å². The highest BCUT2D eigenvalue weighted by Gasteiger charge is 2.20. The van der Waals surface area contributed by atoms with Crippen molar-refractivity contribution in [3.63, 3.8) is 0 Å². The molecule has 92 valence electrons. The van der Waals surface area contributed by atoms with E-state index in [4.69, 9.17) is 5.11 Å². The number of nitrogens with one attached hydrogen (secondary N) is 1. The molecule has 0 bridgehead atoms. The zero-order valence-corrected chi connectivity index (χ0v) is 9.75. The molecule has 0 aliphatic heterocycles. The van der Waals surface area contributed by atoms with Crippen molar-refractivity contribution in [2.45, 2.75) is 26.3 Å². The fourth-order valence-corrected chi connectivity index (χ4v) is 1.30. The molecule has 17 heavy (non-hydrogen) atoms. The summed E-state index contributed by atoms with van der Waals surface area (Å²) in [6, 6.07) is -0.415. The zero-order valence-electron chi connectivity index (χ0n) is 9.75. The Morgan fingerprint density at radius 3 is 2.59 bits per heavy atom. The number of carbonyl (C=O) groups excluding carboxylic acids is 1. The van der Waals surface area contributed by atoms with Crippen LogP contribution in [-0.4, -0.2) is 33.0 Å². The minimum absolute atomic E-state index is 0.0340. The minimum Gasteiger partial charge on any atom is -0.481 e. The van der Waals surface area contributed by atoms with Crippen molar-refractivity contribution in [1.82, 2.24) is 15.3 Å². The van der Waals surface area contributed by atoms with Gasteiger partial charge >= 0.3 is 5.97 Å². The number of carboxylic acids is 1. The van der Waals surface area contributed by atoms with E-state index in [1.165, 1.54) is 18.6 Å². The second-order valence-electron chi connectivity index (χ2n) is 4.01. The van der Waals surface area contributed by atoms with Gasteiger partial charge in [0, 0.05) is 18.4 Å². The summed E-state index contributed by atoms with van der Waals surface area (Å²) in [4.78, 5) is 30.0. The Morgan fingerprint density at radius 2 is 2.12 bits per heavy atom. The van der Waals surface area contributed by atoms with Gasteiger partial charge < -0.3 is 10.4 Å². The van der Waals surface area contributed by atoms with E-state index in [0.29, 0.717) is 0 Å². The second kappa shape index (κ2) is 5.93. The van der Waals surface area contributed by atoms with E-state index < -0.39 is 17.9 Å². The van der Waals surface area contributed by atoms with Crippen molar-refractivity contribution in [3.8, 4) is 0 Å². The lowest BCUT2D eigenvalue weighted by Crippen LogP contribution is -2.40. The van der Waals surface area contributed by atoms with E-state index in [-0.39, 0.29) is 18.0 Å². The number of rotatable bonds is 5. The normalized spacial score (nSPS) is 12.2. The summed E-state index contributed by atoms with van der Waals surface area (Å²) in [6.45, 7) is 3.70. The maximum Gasteiger partial charge on any atom is 0.305 e. The standard InChI is InChI=1S/C11H15N3O3/c1-7(2)8(5-10(15)16)14-11(17)9-6-12-3-4-13-9/h3-4,6-8H,5H2,1-2H3,(H,14,17)(H,15,16). The van der Waals surface area contributed by atoms with E-state index in [2.05, 4.69) is 15.3 Å². The Balaban J connectivity index is 2.68. The molecule has 0 fully saturated rings. The van der Waals surface area contributed by atoms with Crippen molar-refractivity contribution < 1.29 is 14.7 Å². The number of hydrogen-bond acceptors (Lipinski definition) is 4. The predicted octanol–water partition coefficient (Wildman–Crippen LogP) is 0.706. The lowest BCUT2D eigenvalue weighted by Gasteiger charge is -2.20. The predicted molar refractivity (Wildman–Crippen MR) is 60.4 cm³/mol. The van der Waals surface area contributed by atoms with Gasteiger partial charge in [-0.05, 0) is 5.92 Å². The van der Waals surface area contributed by atoms with Crippen LogP contribution in [0.2, 0.25) is 0 Å². The van der Waals surface area contributed by atoms with Crippen LogP contribution >= 0.6 is 0 Å². The molecular formula is C11H15N3O3. The van der Waals surface area contributed by atoms with Crippen molar-refractivity contribution in [2.75, 3.05) is 0 Å². The van der Waals surface area contributed by atoms with Gasteiger partial charge in [-0.25, -0.2) is 4.98 Å². The Kier molecular flexibility index (Phi) is 4.56. The number of carboxylic acid groups (broad SMARTS) is 1. The number of aliphatic carboxylic acids is 1. The third-order valence-corrected chi connectivity index (χ3v) is 2.31. The van der Waals surface area contributed by atoms with Crippen LogP contribution in [0.1, 0.15) is 30.8 Å². The maximum absolute atomic E-state index is 11.7. The van der Waals surface area contributed by atoms with Gasteiger partial charge in [-0.1, -0.05) is 13.8 Å². The zero-order chi connectivity index (χ0) is 12.8. The van der Waals surface area contributed by atoms with Crippen molar-refractivity contribution in [1.29, 1.82) is 0 Å². The van der Waals surface area contributed by atoms with Crippen LogP contribution in [0.25, 0.3) is 0 Å². The average Bonchev–Trinajstić information content (AvgIpc) is 2.28. The summed E-state index contributed by atoms with van der Waals surface area (Å²) >= 11 is 0. The minimum atomic E-state index is -0.942. The Labute approximate surface area is 99.1 Å². The van der Waals surface area contributed by atoms with Gasteiger partial charge in [-0.15, -0.1) is 0 Å². The largest absolute Gasteiger partial charge is 0.481 e. The fraction of sp³-hybridized carbons (Fsp3) is 0.455. The molecular weight excluding hydrogens is 222 g/mol. The highest BCUT2D eigenvalue weighted by molar-refractivity contribution is 5.92. The highest BCUT2D eigenvalue weighted by atomic mass is 16.4. The number of aromatic nitrogens is 2. The van der Waals surface area contributed by atoms with Crippen molar-refractivity contribution >= 4 is 11.9 Å². The molecule has 1 aromatic rings. The summed E-state index contributed by atoms with van der Waals surface area (Å²) in [5, 5.41) is 11.4. The third kappa shape index (κ3) is 4.18. The van der Waals surface area contributed by atoms with Gasteiger partial charge in [0.1, 0.15) is 5.69 Å². The first-order chi connectivity index (χ1) is 8.00. The van der Waals surface area contributed by atoms with Crippen molar-refractivity contribution in [3.05, 3.63) is 24.3 Å². The summed E-state index contributed by atoms with van der Waals surface area (Å²) in [5.41, 5.74) is 0.184. The molecule has 0 saturated carbocycles. The van der Waals surface area contributed by atoms with Crippen LogP contribution in [-0.2, 0) is 4.79 Å². The summed E-state index contributed by atoms with van der Waals surface area (Å²) in [5.74, 6) is -1.31. The molecule has 1 atom stereocenters. The SMILES string of the molecule is CC(C)C(CC(=O)O)NC(=O)c1cnccn1. The highest BCUT2D eigenvalue weighted by Crippen LogP contribution is 2.07. The molecule has 1 amide bonds. The van der Waals surface area contributed by atoms with E-state index in [1.807, 2.05) is 13.8 Å². The van der Waals surface area contributed by atoms with Crippen LogP contribution in [0, 0.1) is 5.92 Å². The monoisotopic (exact) mass is 237 g/mol. The molecule has 1 aromatic heterocycles. The van der Waals surface area contributed by atoms with Gasteiger partial charge in [-0.2, -0.15) is 0 Å². The summed E-state index contributed by atoms with van der Waals surface area (Å²) in [6.07, 6.45) is 4.11. The number of hydrogen-bond donors (Lipinski definition) is 2. The lowest BCUT2D eigenvalue weighted by molar-refractivity contribution is -0.137. The van der Waals surface area contributed by atoms with Crippen LogP contribution in [0.15, 0.2) is 18.6 Å². The van der Waals surface area contributed by atoms with Gasteiger partial charge in [0.15, 0.2) is 0 Å². The maximum atomic E-state index is 11.7. The first kappa shape index (κ1) is 13.1. The molecule has 6 heteroatoms. The van der Waals surface area contributed by atoms with E-state index >= 15 is 0 Å². The number of carbonyl (C=O) groups is 2. The van der Waals surface area contributed by atoms with Crippen molar-refractivity contribution in [2.24, 2.45) is 5.92 Å². The Hall–Kier alpha value is -1.98. The Bertz CT molecular complexity index is 392.